The van der Waals surface area contributed by atoms with Gasteiger partial charge in [0.25, 0.3) is 0 Å². The van der Waals surface area contributed by atoms with Gasteiger partial charge in [-0.3, -0.25) is 0 Å². The highest BCUT2D eigenvalue weighted by molar-refractivity contribution is 5.35. The Labute approximate surface area is 94.2 Å². The average molecular weight is 255 g/mol. The summed E-state index contributed by atoms with van der Waals surface area (Å²) >= 11 is 0. The fourth-order valence-electron chi connectivity index (χ4n) is 1.32. The Kier molecular flexibility index (Phi) is 4.28. The molecule has 0 heterocycles. The molecule has 1 aromatic carbocycles. The number of hydrogen-bond acceptors (Lipinski definition) is 2. The molecule has 0 aromatic heterocycles. The zero-order valence-electron chi connectivity index (χ0n) is 8.55. The number of para-hydroxylation sites is 1. The third-order valence-corrected chi connectivity index (χ3v) is 1.98. The summed E-state index contributed by atoms with van der Waals surface area (Å²) in [4.78, 5) is 0. The lowest BCUT2D eigenvalue weighted by Gasteiger charge is -2.17. The van der Waals surface area contributed by atoms with Crippen molar-refractivity contribution in [1.82, 2.24) is 0 Å². The van der Waals surface area contributed by atoms with Gasteiger partial charge < -0.3 is 10.5 Å². The minimum absolute atomic E-state index is 0.0925. The molecule has 0 aliphatic heterocycles. The van der Waals surface area contributed by atoms with E-state index < -0.39 is 31.0 Å². The number of benzene rings is 1. The molecule has 0 fully saturated rings. The van der Waals surface area contributed by atoms with Gasteiger partial charge in [0, 0.05) is 18.0 Å². The summed E-state index contributed by atoms with van der Waals surface area (Å²) in [5, 5.41) is 0. The van der Waals surface area contributed by atoms with Crippen molar-refractivity contribution in [2.24, 2.45) is 5.73 Å². The first-order valence-corrected chi connectivity index (χ1v) is 4.68. The minimum Gasteiger partial charge on any atom is -0.405 e. The van der Waals surface area contributed by atoms with Gasteiger partial charge >= 0.3 is 6.36 Å². The van der Waals surface area contributed by atoms with Crippen molar-refractivity contribution in [2.45, 2.75) is 25.3 Å². The van der Waals surface area contributed by atoms with E-state index in [2.05, 4.69) is 4.74 Å². The van der Waals surface area contributed by atoms with Crippen LogP contribution in [0.5, 0.6) is 5.75 Å². The molecule has 0 saturated carbocycles. The topological polar surface area (TPSA) is 35.2 Å². The summed E-state index contributed by atoms with van der Waals surface area (Å²) in [6.45, 7) is 0. The largest absolute Gasteiger partial charge is 0.573 e. The SMILES string of the molecule is N[C@H](CC(F)F)c1ccccc1OC(F)(F)F. The summed E-state index contributed by atoms with van der Waals surface area (Å²) in [5.41, 5.74) is 5.30. The van der Waals surface area contributed by atoms with Gasteiger partial charge in [-0.1, -0.05) is 18.2 Å². The van der Waals surface area contributed by atoms with Crippen LogP contribution in [0.15, 0.2) is 24.3 Å². The Morgan fingerprint density at radius 2 is 1.76 bits per heavy atom. The molecule has 0 saturated heterocycles. The zero-order valence-corrected chi connectivity index (χ0v) is 8.55. The van der Waals surface area contributed by atoms with Gasteiger partial charge in [0.05, 0.1) is 0 Å². The van der Waals surface area contributed by atoms with Crippen molar-refractivity contribution in [3.63, 3.8) is 0 Å². The predicted octanol–water partition coefficient (Wildman–Crippen LogP) is 3.24. The standard InChI is InChI=1S/C10H10F5NO/c11-9(12)5-7(16)6-3-1-2-4-8(6)17-10(13,14)15/h1-4,7,9H,5,16H2/t7-/m1/s1. The van der Waals surface area contributed by atoms with Crippen LogP contribution in [0, 0.1) is 0 Å². The Bertz CT molecular complexity index is 366. The van der Waals surface area contributed by atoms with E-state index in [1.54, 1.807) is 0 Å². The molecule has 17 heavy (non-hydrogen) atoms. The number of hydrogen-bond donors (Lipinski definition) is 1. The van der Waals surface area contributed by atoms with Crippen molar-refractivity contribution in [3.05, 3.63) is 29.8 Å². The number of nitrogens with two attached hydrogens (primary N) is 1. The molecule has 7 heteroatoms. The third kappa shape index (κ3) is 4.56. The Morgan fingerprint density at radius 3 is 2.29 bits per heavy atom. The molecule has 0 spiro atoms. The molecule has 2 N–H and O–H groups in total. The molecule has 0 radical (unpaired) electrons. The van der Waals surface area contributed by atoms with E-state index in [-0.39, 0.29) is 5.56 Å². The van der Waals surface area contributed by atoms with Crippen LogP contribution in [-0.4, -0.2) is 12.8 Å². The average Bonchev–Trinajstić information content (AvgIpc) is 2.14. The number of ether oxygens (including phenoxy) is 1. The summed E-state index contributed by atoms with van der Waals surface area (Å²) in [6.07, 6.45) is -8.29. The first-order chi connectivity index (χ1) is 7.79. The van der Waals surface area contributed by atoms with Crippen molar-refractivity contribution in [2.75, 3.05) is 0 Å². The monoisotopic (exact) mass is 255 g/mol. The second-order valence-corrected chi connectivity index (χ2v) is 3.32. The first-order valence-electron chi connectivity index (χ1n) is 4.68. The smallest absolute Gasteiger partial charge is 0.405 e. The van der Waals surface area contributed by atoms with Crippen LogP contribution in [-0.2, 0) is 0 Å². The van der Waals surface area contributed by atoms with E-state index in [0.29, 0.717) is 0 Å². The maximum absolute atomic E-state index is 12.1. The van der Waals surface area contributed by atoms with Gasteiger partial charge in [0.2, 0.25) is 6.43 Å². The lowest BCUT2D eigenvalue weighted by molar-refractivity contribution is -0.275. The molecular weight excluding hydrogens is 245 g/mol. The third-order valence-electron chi connectivity index (χ3n) is 1.98. The van der Waals surface area contributed by atoms with Crippen LogP contribution in [0.25, 0.3) is 0 Å². The highest BCUT2D eigenvalue weighted by atomic mass is 19.4. The lowest BCUT2D eigenvalue weighted by Crippen LogP contribution is -2.21. The van der Waals surface area contributed by atoms with Gasteiger partial charge in [-0.2, -0.15) is 0 Å². The van der Waals surface area contributed by atoms with Crippen molar-refractivity contribution >= 4 is 0 Å². The number of alkyl halides is 5. The summed E-state index contributed by atoms with van der Waals surface area (Å²) in [7, 11) is 0. The molecule has 1 rings (SSSR count). The molecule has 0 aliphatic carbocycles. The van der Waals surface area contributed by atoms with E-state index >= 15 is 0 Å². The van der Waals surface area contributed by atoms with Gasteiger partial charge in [-0.05, 0) is 6.07 Å². The van der Waals surface area contributed by atoms with Crippen molar-refractivity contribution < 1.29 is 26.7 Å². The van der Waals surface area contributed by atoms with Gasteiger partial charge in [0.15, 0.2) is 0 Å². The Hall–Kier alpha value is -1.37. The van der Waals surface area contributed by atoms with Crippen LogP contribution in [0.1, 0.15) is 18.0 Å². The number of rotatable bonds is 4. The Morgan fingerprint density at radius 1 is 1.18 bits per heavy atom. The van der Waals surface area contributed by atoms with Crippen LogP contribution in [0.3, 0.4) is 0 Å². The normalized spacial score (nSPS) is 13.8. The first kappa shape index (κ1) is 13.7. The van der Waals surface area contributed by atoms with E-state index in [0.717, 1.165) is 6.07 Å². The fourth-order valence-corrected chi connectivity index (χ4v) is 1.32. The highest BCUT2D eigenvalue weighted by Gasteiger charge is 2.32. The number of halogens is 5. The van der Waals surface area contributed by atoms with Crippen LogP contribution in [0.2, 0.25) is 0 Å². The van der Waals surface area contributed by atoms with Gasteiger partial charge in [-0.15, -0.1) is 13.2 Å². The molecule has 96 valence electrons. The molecule has 0 amide bonds. The minimum atomic E-state index is -4.87. The molecule has 0 aliphatic rings. The molecule has 2 nitrogen and oxygen atoms in total. The molecule has 0 bridgehead atoms. The fraction of sp³-hybridized carbons (Fsp3) is 0.400. The van der Waals surface area contributed by atoms with E-state index in [4.69, 9.17) is 5.73 Å². The summed E-state index contributed by atoms with van der Waals surface area (Å²) in [5.74, 6) is -0.548. The van der Waals surface area contributed by atoms with Crippen molar-refractivity contribution in [1.29, 1.82) is 0 Å². The van der Waals surface area contributed by atoms with Crippen molar-refractivity contribution in [3.8, 4) is 5.75 Å². The predicted molar refractivity (Wildman–Crippen MR) is 50.7 cm³/mol. The highest BCUT2D eigenvalue weighted by Crippen LogP contribution is 2.31. The second-order valence-electron chi connectivity index (χ2n) is 3.32. The molecule has 1 atom stereocenters. The summed E-state index contributed by atoms with van der Waals surface area (Å²) in [6, 6.07) is 3.78. The van der Waals surface area contributed by atoms with E-state index in [1.165, 1.54) is 18.2 Å². The molecular formula is C10H10F5NO. The molecule has 0 unspecified atom stereocenters. The van der Waals surface area contributed by atoms with Crippen LogP contribution in [0.4, 0.5) is 22.0 Å². The Balaban J connectivity index is 2.91. The van der Waals surface area contributed by atoms with Crippen LogP contribution < -0.4 is 10.5 Å². The van der Waals surface area contributed by atoms with Gasteiger partial charge in [0.1, 0.15) is 5.75 Å². The zero-order chi connectivity index (χ0) is 13.1. The second kappa shape index (κ2) is 5.31. The van der Waals surface area contributed by atoms with E-state index in [9.17, 15) is 22.0 Å². The van der Waals surface area contributed by atoms with Crippen LogP contribution >= 0.6 is 0 Å². The summed E-state index contributed by atoms with van der Waals surface area (Å²) < 4.78 is 64.0. The lowest BCUT2D eigenvalue weighted by atomic mass is 10.0. The maximum Gasteiger partial charge on any atom is 0.573 e. The maximum atomic E-state index is 12.1. The quantitative estimate of drug-likeness (QED) is 0.838. The van der Waals surface area contributed by atoms with E-state index in [1.807, 2.05) is 0 Å². The van der Waals surface area contributed by atoms with Gasteiger partial charge in [-0.25, -0.2) is 8.78 Å². The molecule has 1 aromatic rings.